The fraction of sp³-hybridized carbons (Fsp3) is 0.500. The van der Waals surface area contributed by atoms with Gasteiger partial charge in [-0.2, -0.15) is 0 Å². The number of aliphatic carboxylic acids is 1. The number of likely N-dealkylation sites (tertiary alicyclic amines) is 1. The van der Waals surface area contributed by atoms with Gasteiger partial charge in [0.2, 0.25) is 0 Å². The lowest BCUT2D eigenvalue weighted by Crippen LogP contribution is -2.46. The number of hydrogen-bond donors (Lipinski definition) is 1. The Kier molecular flexibility index (Phi) is 3.47. The van der Waals surface area contributed by atoms with E-state index in [0.29, 0.717) is 17.9 Å². The summed E-state index contributed by atoms with van der Waals surface area (Å²) in [5, 5.41) is 9.43. The fourth-order valence-electron chi connectivity index (χ4n) is 3.70. The first-order valence-corrected chi connectivity index (χ1v) is 7.29. The van der Waals surface area contributed by atoms with Gasteiger partial charge in [0.05, 0.1) is 0 Å². The van der Waals surface area contributed by atoms with Crippen molar-refractivity contribution in [1.29, 1.82) is 0 Å². The van der Waals surface area contributed by atoms with Gasteiger partial charge in [-0.25, -0.2) is 4.79 Å². The van der Waals surface area contributed by atoms with Crippen LogP contribution >= 0.6 is 0 Å². The number of carbonyl (C=O) groups is 2. The number of hydrogen-bond acceptors (Lipinski definition) is 2. The molecule has 1 aliphatic carbocycles. The van der Waals surface area contributed by atoms with Gasteiger partial charge < -0.3 is 10.0 Å². The normalized spacial score (nSPS) is 29.0. The molecule has 0 radical (unpaired) electrons. The molecule has 0 aromatic heterocycles. The van der Waals surface area contributed by atoms with Gasteiger partial charge in [0.15, 0.2) is 0 Å². The van der Waals surface area contributed by atoms with Crippen LogP contribution in [0.15, 0.2) is 30.3 Å². The summed E-state index contributed by atoms with van der Waals surface area (Å²) >= 11 is 0. The highest BCUT2D eigenvalue weighted by molar-refractivity contribution is 5.97. The Morgan fingerprint density at radius 1 is 1.10 bits per heavy atom. The molecule has 1 saturated carbocycles. The molecule has 2 aliphatic rings. The van der Waals surface area contributed by atoms with Crippen LogP contribution in [-0.2, 0) is 4.79 Å². The van der Waals surface area contributed by atoms with Gasteiger partial charge in [-0.3, -0.25) is 4.79 Å². The molecule has 1 aliphatic heterocycles. The van der Waals surface area contributed by atoms with Crippen LogP contribution in [0.2, 0.25) is 0 Å². The molecule has 4 nitrogen and oxygen atoms in total. The van der Waals surface area contributed by atoms with Crippen molar-refractivity contribution in [3.8, 4) is 0 Å². The van der Waals surface area contributed by atoms with Crippen LogP contribution in [0.4, 0.5) is 0 Å². The van der Waals surface area contributed by atoms with Crippen molar-refractivity contribution in [2.24, 2.45) is 5.92 Å². The Morgan fingerprint density at radius 2 is 1.80 bits per heavy atom. The quantitative estimate of drug-likeness (QED) is 0.901. The van der Waals surface area contributed by atoms with Crippen molar-refractivity contribution in [2.45, 2.75) is 44.2 Å². The van der Waals surface area contributed by atoms with Crippen molar-refractivity contribution in [1.82, 2.24) is 4.90 Å². The molecule has 0 spiro atoms. The van der Waals surface area contributed by atoms with Gasteiger partial charge in [0.1, 0.15) is 6.04 Å². The topological polar surface area (TPSA) is 57.6 Å². The van der Waals surface area contributed by atoms with Crippen LogP contribution in [0.3, 0.4) is 0 Å². The molecule has 1 unspecified atom stereocenters. The lowest BCUT2D eigenvalue weighted by molar-refractivity contribution is -0.141. The van der Waals surface area contributed by atoms with E-state index in [9.17, 15) is 14.7 Å². The number of carboxylic acid groups (broad SMARTS) is 1. The minimum absolute atomic E-state index is 0.109. The second-order valence-corrected chi connectivity index (χ2v) is 5.78. The number of carboxylic acids is 1. The number of fused-ring (bicyclic) bond motifs is 1. The zero-order chi connectivity index (χ0) is 14.1. The predicted octanol–water partition coefficient (Wildman–Crippen LogP) is 2.54. The lowest BCUT2D eigenvalue weighted by Gasteiger charge is -2.33. The zero-order valence-electron chi connectivity index (χ0n) is 11.4. The molecule has 3 rings (SSSR count). The van der Waals surface area contributed by atoms with E-state index in [1.165, 1.54) is 0 Å². The first-order valence-electron chi connectivity index (χ1n) is 7.29. The molecule has 0 bridgehead atoms. The zero-order valence-corrected chi connectivity index (χ0v) is 11.4. The number of carbonyl (C=O) groups excluding carboxylic acids is 1. The molecule has 2 fully saturated rings. The average molecular weight is 273 g/mol. The Morgan fingerprint density at radius 3 is 2.50 bits per heavy atom. The van der Waals surface area contributed by atoms with Gasteiger partial charge in [-0.15, -0.1) is 0 Å². The van der Waals surface area contributed by atoms with Crippen LogP contribution < -0.4 is 0 Å². The molecular formula is C16H19NO3. The summed E-state index contributed by atoms with van der Waals surface area (Å²) in [5.41, 5.74) is 0.588. The SMILES string of the molecule is O=C(O)C1C[C@H]2CCCC[C@@H]2N1C(=O)c1ccccc1. The van der Waals surface area contributed by atoms with Crippen LogP contribution in [0.1, 0.15) is 42.5 Å². The van der Waals surface area contributed by atoms with E-state index >= 15 is 0 Å². The second-order valence-electron chi connectivity index (χ2n) is 5.78. The summed E-state index contributed by atoms with van der Waals surface area (Å²) in [6, 6.07) is 8.47. The van der Waals surface area contributed by atoms with Crippen molar-refractivity contribution in [3.63, 3.8) is 0 Å². The monoisotopic (exact) mass is 273 g/mol. The minimum Gasteiger partial charge on any atom is -0.480 e. The molecule has 4 heteroatoms. The van der Waals surface area contributed by atoms with Gasteiger partial charge in [0.25, 0.3) is 5.91 Å². The first kappa shape index (κ1) is 13.2. The van der Waals surface area contributed by atoms with Crippen molar-refractivity contribution in [2.75, 3.05) is 0 Å². The molecule has 1 N–H and O–H groups in total. The Bertz CT molecular complexity index is 514. The van der Waals surface area contributed by atoms with Gasteiger partial charge in [-0.1, -0.05) is 31.0 Å². The molecule has 1 aromatic rings. The van der Waals surface area contributed by atoms with Crippen molar-refractivity contribution >= 4 is 11.9 Å². The predicted molar refractivity (Wildman–Crippen MR) is 74.4 cm³/mol. The number of nitrogens with zero attached hydrogens (tertiary/aromatic N) is 1. The maximum Gasteiger partial charge on any atom is 0.326 e. The molecule has 1 aromatic carbocycles. The van der Waals surface area contributed by atoms with E-state index < -0.39 is 12.0 Å². The van der Waals surface area contributed by atoms with E-state index in [0.717, 1.165) is 25.7 Å². The summed E-state index contributed by atoms with van der Waals surface area (Å²) in [7, 11) is 0. The Balaban J connectivity index is 1.91. The maximum absolute atomic E-state index is 12.7. The number of rotatable bonds is 2. The molecule has 1 amide bonds. The van der Waals surface area contributed by atoms with Gasteiger partial charge in [0, 0.05) is 11.6 Å². The third kappa shape index (κ3) is 2.19. The van der Waals surface area contributed by atoms with E-state index in [2.05, 4.69) is 0 Å². The molecule has 106 valence electrons. The standard InChI is InChI=1S/C16H19NO3/c18-15(11-6-2-1-3-7-11)17-13-9-5-4-8-12(13)10-14(17)16(19)20/h1-3,6-7,12-14H,4-5,8-10H2,(H,19,20)/t12-,13+,14?/m1/s1. The van der Waals surface area contributed by atoms with Crippen molar-refractivity contribution in [3.05, 3.63) is 35.9 Å². The molecule has 20 heavy (non-hydrogen) atoms. The number of amides is 1. The van der Waals surface area contributed by atoms with Crippen LogP contribution in [0.5, 0.6) is 0 Å². The van der Waals surface area contributed by atoms with Crippen molar-refractivity contribution < 1.29 is 14.7 Å². The average Bonchev–Trinajstić information content (AvgIpc) is 2.87. The second kappa shape index (κ2) is 5.27. The highest BCUT2D eigenvalue weighted by atomic mass is 16.4. The van der Waals surface area contributed by atoms with E-state index in [1.807, 2.05) is 18.2 Å². The summed E-state index contributed by atoms with van der Waals surface area (Å²) in [6.07, 6.45) is 4.84. The Labute approximate surface area is 118 Å². The van der Waals surface area contributed by atoms with E-state index in [1.54, 1.807) is 17.0 Å². The summed E-state index contributed by atoms with van der Waals surface area (Å²) in [6.45, 7) is 0. The highest BCUT2D eigenvalue weighted by Gasteiger charge is 2.47. The summed E-state index contributed by atoms with van der Waals surface area (Å²) in [4.78, 5) is 25.8. The first-order chi connectivity index (χ1) is 9.68. The Hall–Kier alpha value is -1.84. The van der Waals surface area contributed by atoms with Gasteiger partial charge >= 0.3 is 5.97 Å². The van der Waals surface area contributed by atoms with E-state index in [4.69, 9.17) is 0 Å². The van der Waals surface area contributed by atoms with Crippen LogP contribution in [-0.4, -0.2) is 34.0 Å². The highest BCUT2D eigenvalue weighted by Crippen LogP contribution is 2.40. The number of benzene rings is 1. The van der Waals surface area contributed by atoms with E-state index in [-0.39, 0.29) is 11.9 Å². The minimum atomic E-state index is -0.872. The summed E-state index contributed by atoms with van der Waals surface area (Å²) < 4.78 is 0. The van der Waals surface area contributed by atoms with Crippen LogP contribution in [0, 0.1) is 5.92 Å². The lowest BCUT2D eigenvalue weighted by atomic mass is 9.84. The van der Waals surface area contributed by atoms with Gasteiger partial charge in [-0.05, 0) is 37.3 Å². The third-order valence-corrected chi connectivity index (χ3v) is 4.63. The molecular weight excluding hydrogens is 254 g/mol. The largest absolute Gasteiger partial charge is 0.480 e. The molecule has 1 heterocycles. The fourth-order valence-corrected chi connectivity index (χ4v) is 3.70. The smallest absolute Gasteiger partial charge is 0.326 e. The summed E-state index contributed by atoms with van der Waals surface area (Å²) in [5.74, 6) is -0.645. The molecule has 3 atom stereocenters. The molecule has 1 saturated heterocycles. The maximum atomic E-state index is 12.7. The van der Waals surface area contributed by atoms with Crippen LogP contribution in [0.25, 0.3) is 0 Å². The third-order valence-electron chi connectivity index (χ3n) is 4.63.